The van der Waals surface area contributed by atoms with E-state index in [-0.39, 0.29) is 17.5 Å². The third kappa shape index (κ3) is 2.72. The van der Waals surface area contributed by atoms with Gasteiger partial charge in [0.05, 0.1) is 24.0 Å². The number of benzene rings is 2. The van der Waals surface area contributed by atoms with Crippen molar-refractivity contribution in [3.8, 4) is 5.75 Å². The average Bonchev–Trinajstić information content (AvgIpc) is 3.08. The first-order chi connectivity index (χ1) is 13.0. The van der Waals surface area contributed by atoms with Crippen LogP contribution in [0.25, 0.3) is 0 Å². The number of rotatable bonds is 1. The lowest BCUT2D eigenvalue weighted by Gasteiger charge is -2.52. The maximum atomic E-state index is 13.4. The van der Waals surface area contributed by atoms with Gasteiger partial charge in [0.15, 0.2) is 0 Å². The van der Waals surface area contributed by atoms with Gasteiger partial charge >= 0.3 is 0 Å². The standard InChI is InChI=1S/C22H23FN2O2/c1-21(2)14-22(11-12-26-21)25-19(17-5-3-4-6-20(17)27-22)13-18(24-25)15-7-9-16(23)10-8-15/h3-10,19H,11-14H2,1-2H3. The van der Waals surface area contributed by atoms with Gasteiger partial charge in [-0.05, 0) is 37.6 Å². The van der Waals surface area contributed by atoms with Crippen molar-refractivity contribution in [2.75, 3.05) is 6.61 Å². The molecule has 0 aromatic heterocycles. The van der Waals surface area contributed by atoms with Crippen LogP contribution < -0.4 is 4.74 Å². The third-order valence-electron chi connectivity index (χ3n) is 5.77. The second kappa shape index (κ2) is 5.80. The average molecular weight is 366 g/mol. The third-order valence-corrected chi connectivity index (χ3v) is 5.77. The Morgan fingerprint density at radius 3 is 2.67 bits per heavy atom. The van der Waals surface area contributed by atoms with Crippen LogP contribution in [0.3, 0.4) is 0 Å². The smallest absolute Gasteiger partial charge is 0.203 e. The van der Waals surface area contributed by atoms with Crippen molar-refractivity contribution in [1.82, 2.24) is 5.01 Å². The van der Waals surface area contributed by atoms with E-state index < -0.39 is 5.72 Å². The fourth-order valence-electron chi connectivity index (χ4n) is 4.62. The van der Waals surface area contributed by atoms with Crippen molar-refractivity contribution in [1.29, 1.82) is 0 Å². The summed E-state index contributed by atoms with van der Waals surface area (Å²) in [5, 5.41) is 7.15. The second-order valence-electron chi connectivity index (χ2n) is 8.24. The molecule has 4 nitrogen and oxygen atoms in total. The first-order valence-electron chi connectivity index (χ1n) is 9.51. The first-order valence-corrected chi connectivity index (χ1v) is 9.51. The molecule has 5 heteroatoms. The predicted octanol–water partition coefficient (Wildman–Crippen LogP) is 4.65. The summed E-state index contributed by atoms with van der Waals surface area (Å²) in [5.41, 5.74) is 2.31. The summed E-state index contributed by atoms with van der Waals surface area (Å²) in [5.74, 6) is 0.707. The lowest BCUT2D eigenvalue weighted by Crippen LogP contribution is -2.60. The molecule has 0 aliphatic carbocycles. The number of nitrogens with zero attached hydrogens (tertiary/aromatic N) is 2. The van der Waals surface area contributed by atoms with Gasteiger partial charge in [-0.3, -0.25) is 0 Å². The van der Waals surface area contributed by atoms with Crippen LogP contribution in [0.1, 0.15) is 50.3 Å². The number of hydrazone groups is 1. The fraction of sp³-hybridized carbons (Fsp3) is 0.409. The summed E-state index contributed by atoms with van der Waals surface area (Å²) >= 11 is 0. The van der Waals surface area contributed by atoms with E-state index in [1.807, 2.05) is 18.2 Å². The van der Waals surface area contributed by atoms with Crippen LogP contribution in [0.2, 0.25) is 0 Å². The van der Waals surface area contributed by atoms with Crippen LogP contribution in [-0.2, 0) is 4.74 Å². The maximum absolute atomic E-state index is 13.4. The van der Waals surface area contributed by atoms with Crippen LogP contribution in [-0.4, -0.2) is 28.7 Å². The summed E-state index contributed by atoms with van der Waals surface area (Å²) in [6.07, 6.45) is 2.29. The molecular formula is C22H23FN2O2. The van der Waals surface area contributed by atoms with Gasteiger partial charge in [0, 0.05) is 24.8 Å². The Labute approximate surface area is 158 Å². The Hall–Kier alpha value is -2.40. The molecule has 27 heavy (non-hydrogen) atoms. The van der Waals surface area contributed by atoms with Crippen LogP contribution >= 0.6 is 0 Å². The van der Waals surface area contributed by atoms with Gasteiger partial charge in [-0.15, -0.1) is 0 Å². The van der Waals surface area contributed by atoms with Crippen LogP contribution in [0.5, 0.6) is 5.75 Å². The zero-order valence-corrected chi connectivity index (χ0v) is 15.6. The van der Waals surface area contributed by atoms with Crippen molar-refractivity contribution in [3.05, 3.63) is 65.5 Å². The Kier molecular flexibility index (Phi) is 3.60. The molecule has 1 fully saturated rings. The molecule has 3 heterocycles. The Morgan fingerprint density at radius 1 is 1.11 bits per heavy atom. The minimum absolute atomic E-state index is 0.129. The van der Waals surface area contributed by atoms with Gasteiger partial charge in [-0.25, -0.2) is 9.40 Å². The number of ether oxygens (including phenoxy) is 2. The summed E-state index contributed by atoms with van der Waals surface area (Å²) in [6.45, 7) is 4.85. The minimum atomic E-state index is -0.511. The monoisotopic (exact) mass is 366 g/mol. The van der Waals surface area contributed by atoms with Gasteiger partial charge in [0.2, 0.25) is 5.72 Å². The quantitative estimate of drug-likeness (QED) is 0.736. The zero-order valence-electron chi connectivity index (χ0n) is 15.6. The number of hydrogen-bond acceptors (Lipinski definition) is 4. The number of hydrogen-bond donors (Lipinski definition) is 0. The van der Waals surface area contributed by atoms with Gasteiger partial charge in [-0.2, -0.15) is 5.10 Å². The molecule has 1 spiro atoms. The van der Waals surface area contributed by atoms with E-state index in [4.69, 9.17) is 14.6 Å². The molecule has 0 amide bonds. The summed E-state index contributed by atoms with van der Waals surface area (Å²) in [7, 11) is 0. The van der Waals surface area contributed by atoms with Crippen molar-refractivity contribution >= 4 is 5.71 Å². The minimum Gasteiger partial charge on any atom is -0.466 e. The zero-order chi connectivity index (χ0) is 18.6. The van der Waals surface area contributed by atoms with Gasteiger partial charge in [0.1, 0.15) is 11.6 Å². The van der Waals surface area contributed by atoms with Gasteiger partial charge in [-0.1, -0.05) is 30.3 Å². The topological polar surface area (TPSA) is 34.1 Å². The molecule has 2 aromatic rings. The molecule has 3 aliphatic rings. The van der Waals surface area contributed by atoms with E-state index in [1.54, 1.807) is 12.1 Å². The highest BCUT2D eigenvalue weighted by Crippen LogP contribution is 2.51. The molecular weight excluding hydrogens is 343 g/mol. The normalized spacial score (nSPS) is 28.3. The first kappa shape index (κ1) is 16.8. The Morgan fingerprint density at radius 2 is 1.89 bits per heavy atom. The Balaban J connectivity index is 1.60. The van der Waals surface area contributed by atoms with Crippen molar-refractivity contribution < 1.29 is 13.9 Å². The molecule has 0 bridgehead atoms. The molecule has 3 aliphatic heterocycles. The SMILES string of the molecule is CC1(C)CC2(CCO1)Oc1ccccc1C1CC(c3ccc(F)cc3)=NN12. The molecule has 0 radical (unpaired) electrons. The highest BCUT2D eigenvalue weighted by molar-refractivity contribution is 6.01. The molecule has 140 valence electrons. The predicted molar refractivity (Wildman–Crippen MR) is 101 cm³/mol. The van der Waals surface area contributed by atoms with Gasteiger partial charge < -0.3 is 9.47 Å². The molecule has 0 saturated carbocycles. The number of halogens is 1. The molecule has 5 rings (SSSR count). The van der Waals surface area contributed by atoms with Crippen molar-refractivity contribution in [2.24, 2.45) is 5.10 Å². The van der Waals surface area contributed by atoms with Crippen molar-refractivity contribution in [3.63, 3.8) is 0 Å². The molecule has 2 unspecified atom stereocenters. The highest BCUT2D eigenvalue weighted by Gasteiger charge is 2.54. The molecule has 1 saturated heterocycles. The van der Waals surface area contributed by atoms with Crippen molar-refractivity contribution in [2.45, 2.75) is 50.5 Å². The second-order valence-corrected chi connectivity index (χ2v) is 8.24. The lowest BCUT2D eigenvalue weighted by atomic mass is 9.86. The lowest BCUT2D eigenvalue weighted by molar-refractivity contribution is -0.212. The number of fused-ring (bicyclic) bond motifs is 4. The highest BCUT2D eigenvalue weighted by atomic mass is 19.1. The summed E-state index contributed by atoms with van der Waals surface area (Å²) in [4.78, 5) is 0. The maximum Gasteiger partial charge on any atom is 0.203 e. The molecule has 0 N–H and O–H groups in total. The molecule has 2 atom stereocenters. The molecule has 2 aromatic carbocycles. The van der Waals surface area contributed by atoms with E-state index in [0.717, 1.165) is 41.9 Å². The van der Waals surface area contributed by atoms with Gasteiger partial charge in [0.25, 0.3) is 0 Å². The van der Waals surface area contributed by atoms with Crippen LogP contribution in [0.4, 0.5) is 4.39 Å². The fourth-order valence-corrected chi connectivity index (χ4v) is 4.62. The van der Waals surface area contributed by atoms with E-state index in [2.05, 4.69) is 24.9 Å². The van der Waals surface area contributed by atoms with E-state index in [1.165, 1.54) is 12.1 Å². The number of para-hydroxylation sites is 1. The van der Waals surface area contributed by atoms with E-state index >= 15 is 0 Å². The van der Waals surface area contributed by atoms with E-state index in [9.17, 15) is 4.39 Å². The summed E-state index contributed by atoms with van der Waals surface area (Å²) < 4.78 is 25.9. The van der Waals surface area contributed by atoms with E-state index in [0.29, 0.717) is 6.61 Å². The Bertz CT molecular complexity index is 909. The summed E-state index contributed by atoms with van der Waals surface area (Å²) in [6, 6.07) is 15.0. The largest absolute Gasteiger partial charge is 0.466 e. The van der Waals surface area contributed by atoms with Crippen LogP contribution in [0, 0.1) is 5.82 Å². The van der Waals surface area contributed by atoms with Crippen LogP contribution in [0.15, 0.2) is 53.6 Å².